The van der Waals surface area contributed by atoms with Gasteiger partial charge in [0, 0.05) is 41.6 Å². The summed E-state index contributed by atoms with van der Waals surface area (Å²) in [5.74, 6) is -3.15. The van der Waals surface area contributed by atoms with Gasteiger partial charge in [0.25, 0.3) is 0 Å². The summed E-state index contributed by atoms with van der Waals surface area (Å²) in [6.45, 7) is 15.4. The number of fused-ring (bicyclic) bond motifs is 6. The minimum Gasteiger partial charge on any atom is -0.462 e. The summed E-state index contributed by atoms with van der Waals surface area (Å²) in [4.78, 5) is 39.8. The molecule has 2 N–H and O–H groups in total. The molecule has 2 saturated heterocycles. The quantitative estimate of drug-likeness (QED) is 0.221. The van der Waals surface area contributed by atoms with Crippen LogP contribution in [0.3, 0.4) is 0 Å². The Morgan fingerprint density at radius 1 is 1.12 bits per heavy atom. The first kappa shape index (κ1) is 26.2. The minimum absolute atomic E-state index is 0.193. The summed E-state index contributed by atoms with van der Waals surface area (Å²) in [6, 6.07) is 0. The fraction of sp³-hybridized carbons (Fsp3) is 0.656. The molecule has 2 heterocycles. The third-order valence-corrected chi connectivity index (χ3v) is 12.5. The second kappa shape index (κ2) is 7.57. The van der Waals surface area contributed by atoms with Crippen molar-refractivity contribution < 1.29 is 38.8 Å². The van der Waals surface area contributed by atoms with Gasteiger partial charge in [-0.3, -0.25) is 9.59 Å². The highest BCUT2D eigenvalue weighted by atomic mass is 16.6. The summed E-state index contributed by atoms with van der Waals surface area (Å²) in [7, 11) is 0. The standard InChI is InChI=1S/C32H38O8/c1-15-7-10-32(37)16(2)13-20(38-18(4)33)22-24(21(15)32)40-27(35)31(22)14-30-12-11-28(31,5)25(30)23-19(8-9-29(30,6)36)17(3)26(34)39-23/h7,11-12,19-25,36-37H,2-3,8-10,13-14H2,1,4-6H3/t19-,20-,21+,22+,23-,24+,25-,28-,29+,30+,31-,32+/m0/s1. The molecule has 40 heavy (non-hydrogen) atoms. The van der Waals surface area contributed by atoms with Gasteiger partial charge in [0.2, 0.25) is 0 Å². The highest BCUT2D eigenvalue weighted by Crippen LogP contribution is 2.80. The molecule has 0 aromatic rings. The van der Waals surface area contributed by atoms with E-state index in [1.54, 1.807) is 0 Å². The van der Waals surface area contributed by atoms with E-state index in [1.807, 2.05) is 39.0 Å². The summed E-state index contributed by atoms with van der Waals surface area (Å²) in [6.07, 6.45) is 5.72. The summed E-state index contributed by atoms with van der Waals surface area (Å²) in [5, 5.41) is 24.1. The summed E-state index contributed by atoms with van der Waals surface area (Å²) in [5.41, 5.74) is -3.63. The molecule has 2 bridgehead atoms. The first-order valence-corrected chi connectivity index (χ1v) is 14.4. The van der Waals surface area contributed by atoms with E-state index in [2.05, 4.69) is 13.2 Å². The van der Waals surface area contributed by atoms with Crippen LogP contribution >= 0.6 is 0 Å². The van der Waals surface area contributed by atoms with Crippen molar-refractivity contribution in [2.24, 2.45) is 39.9 Å². The van der Waals surface area contributed by atoms with Crippen LogP contribution in [0.25, 0.3) is 0 Å². The highest BCUT2D eigenvalue weighted by Gasteiger charge is 2.84. The van der Waals surface area contributed by atoms with Crippen LogP contribution < -0.4 is 0 Å². The number of hydrogen-bond donors (Lipinski definition) is 2. The van der Waals surface area contributed by atoms with Gasteiger partial charge in [-0.2, -0.15) is 0 Å². The van der Waals surface area contributed by atoms with Crippen LogP contribution in [0.2, 0.25) is 0 Å². The maximum absolute atomic E-state index is 14.5. The summed E-state index contributed by atoms with van der Waals surface area (Å²) < 4.78 is 18.4. The van der Waals surface area contributed by atoms with Gasteiger partial charge in [-0.25, -0.2) is 4.79 Å². The highest BCUT2D eigenvalue weighted by molar-refractivity contribution is 5.91. The maximum Gasteiger partial charge on any atom is 0.334 e. The zero-order valence-corrected chi connectivity index (χ0v) is 23.6. The Morgan fingerprint density at radius 2 is 1.85 bits per heavy atom. The van der Waals surface area contributed by atoms with E-state index in [-0.39, 0.29) is 18.8 Å². The smallest absolute Gasteiger partial charge is 0.334 e. The lowest BCUT2D eigenvalue weighted by atomic mass is 9.54. The van der Waals surface area contributed by atoms with Crippen molar-refractivity contribution in [2.45, 2.75) is 89.3 Å². The third-order valence-electron chi connectivity index (χ3n) is 12.5. The Balaban J connectivity index is 1.46. The van der Waals surface area contributed by atoms with Gasteiger partial charge < -0.3 is 24.4 Å². The van der Waals surface area contributed by atoms with Gasteiger partial charge in [0.15, 0.2) is 0 Å². The molecular formula is C32H38O8. The molecule has 7 aliphatic rings. The zero-order chi connectivity index (χ0) is 28.8. The molecule has 0 radical (unpaired) electrons. The SMILES string of the molecule is C=C1C(=O)O[C@H]2[C@H]1CC[C@@](C)(O)[C@@]13C=C[C@@](C)([C@H]21)[C@]1(C3)C(=O)O[C@H]2[C@H]1[C@@H](OC(C)=O)CC(=C)[C@]1(O)CC=C(C)[C@H]21. The Hall–Kier alpha value is -2.71. The van der Waals surface area contributed by atoms with Crippen molar-refractivity contribution in [2.75, 3.05) is 0 Å². The molecule has 7 rings (SSSR count). The van der Waals surface area contributed by atoms with E-state index in [0.29, 0.717) is 30.4 Å². The number of allylic oxidation sites excluding steroid dienone is 1. The van der Waals surface area contributed by atoms with Crippen molar-refractivity contribution in [1.29, 1.82) is 0 Å². The van der Waals surface area contributed by atoms with Crippen molar-refractivity contribution in [3.05, 3.63) is 48.1 Å². The van der Waals surface area contributed by atoms with Crippen molar-refractivity contribution >= 4 is 17.9 Å². The van der Waals surface area contributed by atoms with Crippen LogP contribution in [0.1, 0.15) is 59.8 Å². The van der Waals surface area contributed by atoms with Gasteiger partial charge in [-0.1, -0.05) is 43.9 Å². The van der Waals surface area contributed by atoms with E-state index in [9.17, 15) is 24.6 Å². The Morgan fingerprint density at radius 3 is 2.55 bits per heavy atom. The molecule has 5 fully saturated rings. The van der Waals surface area contributed by atoms with Crippen LogP contribution in [0.4, 0.5) is 0 Å². The lowest BCUT2D eigenvalue weighted by molar-refractivity contribution is -0.161. The zero-order valence-electron chi connectivity index (χ0n) is 23.6. The molecule has 0 amide bonds. The first-order valence-electron chi connectivity index (χ1n) is 14.4. The molecule has 2 aliphatic heterocycles. The second-order valence-corrected chi connectivity index (χ2v) is 14.0. The number of ether oxygens (including phenoxy) is 3. The lowest BCUT2D eigenvalue weighted by Crippen LogP contribution is -2.53. The molecule has 0 unspecified atom stereocenters. The van der Waals surface area contributed by atoms with Crippen LogP contribution in [0, 0.1) is 39.9 Å². The predicted molar refractivity (Wildman–Crippen MR) is 142 cm³/mol. The van der Waals surface area contributed by atoms with Gasteiger partial charge >= 0.3 is 17.9 Å². The molecule has 0 aromatic heterocycles. The van der Waals surface area contributed by atoms with Crippen LogP contribution in [-0.2, 0) is 28.6 Å². The molecule has 8 nitrogen and oxygen atoms in total. The number of hydrogen-bond acceptors (Lipinski definition) is 8. The average molecular weight is 551 g/mol. The largest absolute Gasteiger partial charge is 0.462 e. The molecule has 5 aliphatic carbocycles. The molecular weight excluding hydrogens is 512 g/mol. The summed E-state index contributed by atoms with van der Waals surface area (Å²) >= 11 is 0. The van der Waals surface area contributed by atoms with Gasteiger partial charge in [0.1, 0.15) is 18.3 Å². The second-order valence-electron chi connectivity index (χ2n) is 14.0. The lowest BCUT2D eigenvalue weighted by Gasteiger charge is -2.46. The fourth-order valence-corrected chi connectivity index (χ4v) is 10.6. The Kier molecular flexibility index (Phi) is 4.96. The topological polar surface area (TPSA) is 119 Å². The molecule has 214 valence electrons. The normalized spacial score (nSPS) is 53.8. The molecule has 12 atom stereocenters. The number of rotatable bonds is 1. The van der Waals surface area contributed by atoms with Crippen molar-refractivity contribution in [3.8, 4) is 0 Å². The molecule has 0 aromatic carbocycles. The van der Waals surface area contributed by atoms with E-state index >= 15 is 0 Å². The number of esters is 3. The number of carbonyl (C=O) groups is 3. The van der Waals surface area contributed by atoms with E-state index < -0.39 is 81.4 Å². The molecule has 8 heteroatoms. The van der Waals surface area contributed by atoms with Gasteiger partial charge in [0.05, 0.1) is 28.5 Å². The molecule has 3 saturated carbocycles. The Bertz CT molecular complexity index is 1360. The first-order chi connectivity index (χ1) is 18.6. The van der Waals surface area contributed by atoms with E-state index in [0.717, 1.165) is 5.57 Å². The van der Waals surface area contributed by atoms with E-state index in [4.69, 9.17) is 14.2 Å². The van der Waals surface area contributed by atoms with E-state index in [1.165, 1.54) is 6.92 Å². The predicted octanol–water partition coefficient (Wildman–Crippen LogP) is 3.33. The van der Waals surface area contributed by atoms with Gasteiger partial charge in [-0.05, 0) is 45.1 Å². The van der Waals surface area contributed by atoms with Gasteiger partial charge in [-0.15, -0.1) is 0 Å². The minimum atomic E-state index is -1.32. The molecule has 1 spiro atoms. The average Bonchev–Trinajstić information content (AvgIpc) is 3.55. The number of aliphatic hydroxyl groups is 2. The number of carbonyl (C=O) groups excluding carboxylic acids is 3. The monoisotopic (exact) mass is 550 g/mol. The fourth-order valence-electron chi connectivity index (χ4n) is 10.6. The third kappa shape index (κ3) is 2.69. The Labute approximate surface area is 234 Å². The maximum atomic E-state index is 14.5. The van der Waals surface area contributed by atoms with Crippen molar-refractivity contribution in [1.82, 2.24) is 0 Å². The van der Waals surface area contributed by atoms with Crippen molar-refractivity contribution in [3.63, 3.8) is 0 Å². The van der Waals surface area contributed by atoms with Crippen LogP contribution in [0.15, 0.2) is 48.1 Å². The van der Waals surface area contributed by atoms with Crippen LogP contribution in [-0.4, -0.2) is 57.6 Å². The van der Waals surface area contributed by atoms with Crippen LogP contribution in [0.5, 0.6) is 0 Å².